The van der Waals surface area contributed by atoms with E-state index in [9.17, 15) is 4.79 Å². The fourth-order valence-corrected chi connectivity index (χ4v) is 3.23. The zero-order valence-electron chi connectivity index (χ0n) is 14.7. The van der Waals surface area contributed by atoms with E-state index in [1.165, 1.54) is 31.2 Å². The number of hydrogen-bond donors (Lipinski definition) is 2. The Kier molecular flexibility index (Phi) is 5.99. The number of benzene rings is 1. The number of nitrogens with one attached hydrogen (secondary N) is 2. The molecule has 1 aliphatic carbocycles. The summed E-state index contributed by atoms with van der Waals surface area (Å²) in [5.41, 5.74) is 1.68. The standard InChI is InChI=1S/C20H26N4O/c1-15(16-9-5-4-6-10-16)23-20-21-13-17(14-22-20)19(25)24-18-11-7-2-3-8-12-18/h4-6,9-10,13-15,18H,2-3,7-8,11-12H2,1H3,(H,24,25)(H,21,22,23). The molecule has 1 atom stereocenters. The Labute approximate surface area is 149 Å². The van der Waals surface area contributed by atoms with Gasteiger partial charge in [0.05, 0.1) is 11.6 Å². The van der Waals surface area contributed by atoms with Crippen molar-refractivity contribution in [1.29, 1.82) is 0 Å². The maximum Gasteiger partial charge on any atom is 0.254 e. The van der Waals surface area contributed by atoms with Crippen LogP contribution in [0.4, 0.5) is 5.95 Å². The molecule has 0 saturated heterocycles. The molecular formula is C20H26N4O. The highest BCUT2D eigenvalue weighted by molar-refractivity contribution is 5.93. The molecule has 132 valence electrons. The lowest BCUT2D eigenvalue weighted by Gasteiger charge is -2.16. The van der Waals surface area contributed by atoms with Crippen molar-refractivity contribution in [2.45, 2.75) is 57.5 Å². The summed E-state index contributed by atoms with van der Waals surface area (Å²) in [5, 5.41) is 6.38. The molecule has 1 fully saturated rings. The smallest absolute Gasteiger partial charge is 0.254 e. The fourth-order valence-electron chi connectivity index (χ4n) is 3.23. The molecule has 1 aromatic heterocycles. The number of amides is 1. The van der Waals surface area contributed by atoms with E-state index in [-0.39, 0.29) is 18.0 Å². The van der Waals surface area contributed by atoms with Crippen LogP contribution in [0.1, 0.15) is 67.4 Å². The third kappa shape index (κ3) is 5.02. The fraction of sp³-hybridized carbons (Fsp3) is 0.450. The van der Waals surface area contributed by atoms with E-state index in [4.69, 9.17) is 0 Å². The Morgan fingerprint density at radius 3 is 2.32 bits per heavy atom. The van der Waals surface area contributed by atoms with Gasteiger partial charge in [0.2, 0.25) is 5.95 Å². The number of rotatable bonds is 5. The highest BCUT2D eigenvalue weighted by atomic mass is 16.1. The number of aromatic nitrogens is 2. The molecule has 1 saturated carbocycles. The normalized spacial score (nSPS) is 16.7. The quantitative estimate of drug-likeness (QED) is 0.805. The Hall–Kier alpha value is -2.43. The molecule has 1 aliphatic rings. The van der Waals surface area contributed by atoms with Gasteiger partial charge in [-0.1, -0.05) is 56.0 Å². The molecule has 0 bridgehead atoms. The second kappa shape index (κ2) is 8.60. The van der Waals surface area contributed by atoms with Gasteiger partial charge in [-0.3, -0.25) is 4.79 Å². The Bertz CT molecular complexity index is 664. The van der Waals surface area contributed by atoms with Crippen LogP contribution in [0.3, 0.4) is 0 Å². The predicted octanol–water partition coefficient (Wildman–Crippen LogP) is 4.10. The van der Waals surface area contributed by atoms with E-state index in [1.807, 2.05) is 18.2 Å². The summed E-state index contributed by atoms with van der Waals surface area (Å²) >= 11 is 0. The van der Waals surface area contributed by atoms with Crippen molar-refractivity contribution in [3.05, 3.63) is 53.9 Å². The lowest BCUT2D eigenvalue weighted by atomic mass is 10.1. The minimum atomic E-state index is -0.0745. The summed E-state index contributed by atoms with van der Waals surface area (Å²) in [6.45, 7) is 2.06. The van der Waals surface area contributed by atoms with Crippen molar-refractivity contribution in [1.82, 2.24) is 15.3 Å². The van der Waals surface area contributed by atoms with Crippen molar-refractivity contribution >= 4 is 11.9 Å². The lowest BCUT2D eigenvalue weighted by Crippen LogP contribution is -2.34. The molecule has 5 heteroatoms. The summed E-state index contributed by atoms with van der Waals surface area (Å²) in [6.07, 6.45) is 10.3. The number of hydrogen-bond acceptors (Lipinski definition) is 4. The predicted molar refractivity (Wildman–Crippen MR) is 99.5 cm³/mol. The molecule has 1 unspecified atom stereocenters. The van der Waals surface area contributed by atoms with Gasteiger partial charge in [-0.25, -0.2) is 9.97 Å². The maximum atomic E-state index is 12.4. The molecule has 0 spiro atoms. The average molecular weight is 338 g/mol. The summed E-state index contributed by atoms with van der Waals surface area (Å²) in [6, 6.07) is 10.5. The number of anilines is 1. The molecule has 0 radical (unpaired) electrons. The van der Waals surface area contributed by atoms with E-state index in [0.717, 1.165) is 12.8 Å². The van der Waals surface area contributed by atoms with Crippen LogP contribution in [0.15, 0.2) is 42.7 Å². The SMILES string of the molecule is CC(Nc1ncc(C(=O)NC2CCCCCC2)cn1)c1ccccc1. The Morgan fingerprint density at radius 1 is 1.04 bits per heavy atom. The Balaban J connectivity index is 1.57. The summed E-state index contributed by atoms with van der Waals surface area (Å²) in [7, 11) is 0. The van der Waals surface area contributed by atoms with E-state index >= 15 is 0 Å². The molecule has 2 aromatic rings. The van der Waals surface area contributed by atoms with Crippen LogP contribution in [0.5, 0.6) is 0 Å². The van der Waals surface area contributed by atoms with E-state index in [2.05, 4.69) is 39.7 Å². The van der Waals surface area contributed by atoms with Gasteiger partial charge in [0.15, 0.2) is 0 Å². The average Bonchev–Trinajstić information content (AvgIpc) is 2.91. The first-order valence-electron chi connectivity index (χ1n) is 9.17. The summed E-state index contributed by atoms with van der Waals surface area (Å²) in [5.74, 6) is 0.455. The van der Waals surface area contributed by atoms with Crippen molar-refractivity contribution < 1.29 is 4.79 Å². The minimum absolute atomic E-state index is 0.0745. The molecule has 1 heterocycles. The summed E-state index contributed by atoms with van der Waals surface area (Å²) < 4.78 is 0. The lowest BCUT2D eigenvalue weighted by molar-refractivity contribution is 0.0932. The molecule has 5 nitrogen and oxygen atoms in total. The topological polar surface area (TPSA) is 66.9 Å². The van der Waals surface area contributed by atoms with Gasteiger partial charge in [0.25, 0.3) is 5.91 Å². The highest BCUT2D eigenvalue weighted by Crippen LogP contribution is 2.18. The third-order valence-electron chi connectivity index (χ3n) is 4.75. The zero-order chi connectivity index (χ0) is 17.5. The van der Waals surface area contributed by atoms with Crippen molar-refractivity contribution in [2.75, 3.05) is 5.32 Å². The van der Waals surface area contributed by atoms with Crippen LogP contribution in [0.2, 0.25) is 0 Å². The van der Waals surface area contributed by atoms with Gasteiger partial charge in [-0.05, 0) is 25.3 Å². The molecule has 2 N–H and O–H groups in total. The van der Waals surface area contributed by atoms with Gasteiger partial charge in [-0.15, -0.1) is 0 Å². The van der Waals surface area contributed by atoms with Gasteiger partial charge in [0.1, 0.15) is 0 Å². The third-order valence-corrected chi connectivity index (χ3v) is 4.75. The first-order valence-corrected chi connectivity index (χ1v) is 9.17. The van der Waals surface area contributed by atoms with Crippen molar-refractivity contribution in [3.8, 4) is 0 Å². The van der Waals surface area contributed by atoms with Gasteiger partial charge in [0, 0.05) is 18.4 Å². The number of carbonyl (C=O) groups is 1. The molecule has 25 heavy (non-hydrogen) atoms. The van der Waals surface area contributed by atoms with E-state index < -0.39 is 0 Å². The van der Waals surface area contributed by atoms with Crippen LogP contribution >= 0.6 is 0 Å². The second-order valence-electron chi connectivity index (χ2n) is 6.73. The molecule has 3 rings (SSSR count). The van der Waals surface area contributed by atoms with Crippen LogP contribution in [0.25, 0.3) is 0 Å². The van der Waals surface area contributed by atoms with Gasteiger partial charge in [-0.2, -0.15) is 0 Å². The first-order chi connectivity index (χ1) is 12.2. The monoisotopic (exact) mass is 338 g/mol. The number of carbonyl (C=O) groups excluding carboxylic acids is 1. The van der Waals surface area contributed by atoms with Crippen LogP contribution in [-0.4, -0.2) is 21.9 Å². The molecular weight excluding hydrogens is 312 g/mol. The highest BCUT2D eigenvalue weighted by Gasteiger charge is 2.16. The van der Waals surface area contributed by atoms with Crippen LogP contribution in [0, 0.1) is 0 Å². The first kappa shape index (κ1) is 17.4. The minimum Gasteiger partial charge on any atom is -0.349 e. The Morgan fingerprint density at radius 2 is 1.68 bits per heavy atom. The van der Waals surface area contributed by atoms with E-state index in [1.54, 1.807) is 12.4 Å². The molecule has 1 amide bonds. The van der Waals surface area contributed by atoms with Crippen molar-refractivity contribution in [2.24, 2.45) is 0 Å². The second-order valence-corrected chi connectivity index (χ2v) is 6.73. The maximum absolute atomic E-state index is 12.4. The molecule has 0 aliphatic heterocycles. The van der Waals surface area contributed by atoms with Gasteiger partial charge < -0.3 is 10.6 Å². The van der Waals surface area contributed by atoms with Crippen LogP contribution in [-0.2, 0) is 0 Å². The summed E-state index contributed by atoms with van der Waals surface area (Å²) in [4.78, 5) is 21.0. The largest absolute Gasteiger partial charge is 0.349 e. The molecule has 1 aromatic carbocycles. The van der Waals surface area contributed by atoms with Crippen molar-refractivity contribution in [3.63, 3.8) is 0 Å². The van der Waals surface area contributed by atoms with Gasteiger partial charge >= 0.3 is 0 Å². The number of nitrogens with zero attached hydrogens (tertiary/aromatic N) is 2. The zero-order valence-corrected chi connectivity index (χ0v) is 14.7. The van der Waals surface area contributed by atoms with Crippen LogP contribution < -0.4 is 10.6 Å². The van der Waals surface area contributed by atoms with E-state index in [0.29, 0.717) is 11.5 Å².